The van der Waals surface area contributed by atoms with Gasteiger partial charge in [-0.25, -0.2) is 9.97 Å². The van der Waals surface area contributed by atoms with E-state index in [1.54, 1.807) is 36.0 Å². The van der Waals surface area contributed by atoms with Crippen LogP contribution in [-0.4, -0.2) is 39.8 Å². The van der Waals surface area contributed by atoms with Gasteiger partial charge < -0.3 is 4.90 Å². The first-order chi connectivity index (χ1) is 17.7. The van der Waals surface area contributed by atoms with Gasteiger partial charge in [0.25, 0.3) is 11.8 Å². The van der Waals surface area contributed by atoms with Crippen LogP contribution in [-0.2, 0) is 0 Å². The average molecular weight is 489 g/mol. The minimum atomic E-state index is -0.223. The number of pyridine rings is 2. The maximum Gasteiger partial charge on any atom is 0.261 e. The molecule has 4 heterocycles. The predicted octanol–water partition coefficient (Wildman–Crippen LogP) is 6.07. The van der Waals surface area contributed by atoms with Crippen molar-refractivity contribution >= 4 is 57.0 Å². The van der Waals surface area contributed by atoms with E-state index in [0.29, 0.717) is 30.6 Å². The van der Waals surface area contributed by atoms with Crippen LogP contribution in [0.4, 0.5) is 11.6 Å². The molecule has 0 spiro atoms. The fourth-order valence-corrected chi connectivity index (χ4v) is 6.07. The number of rotatable bonds is 4. The summed E-state index contributed by atoms with van der Waals surface area (Å²) in [5.74, 6) is 1.27. The average Bonchev–Trinajstić information content (AvgIpc) is 3.15. The van der Waals surface area contributed by atoms with E-state index in [1.165, 1.54) is 4.90 Å². The molecule has 0 saturated carbocycles. The highest BCUT2D eigenvalue weighted by Gasteiger charge is 2.35. The molecule has 0 atom stereocenters. The van der Waals surface area contributed by atoms with Crippen molar-refractivity contribution in [2.45, 2.75) is 16.2 Å². The summed E-state index contributed by atoms with van der Waals surface area (Å²) in [5, 5.41) is 2.18. The molecular formula is C29H20N4O2S. The topological polar surface area (TPSA) is 66.4 Å². The molecule has 0 bridgehead atoms. The second kappa shape index (κ2) is 8.17. The van der Waals surface area contributed by atoms with Gasteiger partial charge in [-0.2, -0.15) is 0 Å². The predicted molar refractivity (Wildman–Crippen MR) is 141 cm³/mol. The summed E-state index contributed by atoms with van der Waals surface area (Å²) in [6, 6.07) is 27.6. The number of carbonyl (C=O) groups excluding carboxylic acids is 2. The maximum absolute atomic E-state index is 12.8. The molecule has 6 nitrogen and oxygen atoms in total. The van der Waals surface area contributed by atoms with E-state index >= 15 is 0 Å². The molecule has 5 aromatic rings. The summed E-state index contributed by atoms with van der Waals surface area (Å²) in [4.78, 5) is 41.3. The third-order valence-electron chi connectivity index (χ3n) is 6.71. The van der Waals surface area contributed by atoms with Crippen molar-refractivity contribution < 1.29 is 9.59 Å². The Kier molecular flexibility index (Phi) is 4.79. The first-order valence-corrected chi connectivity index (χ1v) is 12.7. The van der Waals surface area contributed by atoms with Crippen LogP contribution in [0.5, 0.6) is 0 Å². The van der Waals surface area contributed by atoms with Crippen LogP contribution in [0, 0.1) is 0 Å². The molecule has 3 aromatic carbocycles. The molecule has 36 heavy (non-hydrogen) atoms. The molecule has 0 fully saturated rings. The standard InChI is InChI=1S/C29H20N4O2S/c34-28-20-10-3-4-11-21(20)29(35)33(28)15-7-14-32-26-24(16-18-8-1-5-12-22(18)30-26)36-25-17-19-9-2-6-13-23(19)31-27(25)32/h1-6,8-13,16-17H,7,14-15H2. The van der Waals surface area contributed by atoms with Gasteiger partial charge in [-0.3, -0.25) is 14.5 Å². The summed E-state index contributed by atoms with van der Waals surface area (Å²) in [7, 11) is 0. The van der Waals surface area contributed by atoms with Crippen molar-refractivity contribution in [2.75, 3.05) is 18.0 Å². The van der Waals surface area contributed by atoms with Gasteiger partial charge in [0.15, 0.2) is 0 Å². The normalized spacial score (nSPS) is 14.3. The molecule has 0 unspecified atom stereocenters. The molecule has 2 aliphatic rings. The van der Waals surface area contributed by atoms with Crippen molar-refractivity contribution in [1.29, 1.82) is 0 Å². The summed E-state index contributed by atoms with van der Waals surface area (Å²) in [6.45, 7) is 0.909. The summed E-state index contributed by atoms with van der Waals surface area (Å²) < 4.78 is 0. The van der Waals surface area contributed by atoms with Crippen molar-refractivity contribution in [1.82, 2.24) is 14.9 Å². The van der Waals surface area contributed by atoms with E-state index in [0.717, 1.165) is 43.2 Å². The Morgan fingerprint density at radius 1 is 0.611 bits per heavy atom. The van der Waals surface area contributed by atoms with E-state index in [9.17, 15) is 9.59 Å². The van der Waals surface area contributed by atoms with Crippen molar-refractivity contribution in [2.24, 2.45) is 0 Å². The second-order valence-corrected chi connectivity index (χ2v) is 10.0. The van der Waals surface area contributed by atoms with E-state index in [4.69, 9.17) is 9.97 Å². The number of benzene rings is 3. The van der Waals surface area contributed by atoms with Gasteiger partial charge in [0.05, 0.1) is 32.0 Å². The van der Waals surface area contributed by atoms with Crippen LogP contribution in [0.25, 0.3) is 21.8 Å². The summed E-state index contributed by atoms with van der Waals surface area (Å²) in [6.07, 6.45) is 0.595. The van der Waals surface area contributed by atoms with Gasteiger partial charge in [-0.05, 0) is 42.8 Å². The lowest BCUT2D eigenvalue weighted by Crippen LogP contribution is -2.33. The molecule has 0 saturated heterocycles. The number of hydrogen-bond donors (Lipinski definition) is 0. The molecule has 7 heteroatoms. The van der Waals surface area contributed by atoms with Gasteiger partial charge >= 0.3 is 0 Å². The lowest BCUT2D eigenvalue weighted by Gasteiger charge is -2.31. The molecule has 174 valence electrons. The highest BCUT2D eigenvalue weighted by atomic mass is 32.2. The summed E-state index contributed by atoms with van der Waals surface area (Å²) >= 11 is 1.68. The third-order valence-corrected chi connectivity index (χ3v) is 7.75. The van der Waals surface area contributed by atoms with E-state index in [1.807, 2.05) is 36.4 Å². The van der Waals surface area contributed by atoms with E-state index in [2.05, 4.69) is 29.2 Å². The zero-order valence-corrected chi connectivity index (χ0v) is 20.0. The monoisotopic (exact) mass is 488 g/mol. The first-order valence-electron chi connectivity index (χ1n) is 11.9. The fraction of sp³-hybridized carbons (Fsp3) is 0.103. The SMILES string of the molecule is O=C1c2ccccc2C(=O)N1CCCN1c2nc3ccccc3cc2Sc2cc3ccccc3nc21. The number of imide groups is 1. The van der Waals surface area contributed by atoms with Crippen molar-refractivity contribution in [3.63, 3.8) is 0 Å². The highest BCUT2D eigenvalue weighted by Crippen LogP contribution is 2.48. The largest absolute Gasteiger partial charge is 0.309 e. The minimum absolute atomic E-state index is 0.223. The number of hydrogen-bond acceptors (Lipinski definition) is 6. The fourth-order valence-electron chi connectivity index (χ4n) is 4.97. The van der Waals surface area contributed by atoms with Crippen LogP contribution < -0.4 is 4.90 Å². The first kappa shape index (κ1) is 21.1. The van der Waals surface area contributed by atoms with Gasteiger partial charge in [0, 0.05) is 23.9 Å². The number of aromatic nitrogens is 2. The van der Waals surface area contributed by atoms with E-state index < -0.39 is 0 Å². The van der Waals surface area contributed by atoms with Crippen LogP contribution in [0.15, 0.2) is 94.7 Å². The van der Waals surface area contributed by atoms with Gasteiger partial charge in [-0.1, -0.05) is 60.3 Å². The van der Waals surface area contributed by atoms with Crippen molar-refractivity contribution in [3.8, 4) is 0 Å². The molecule has 0 N–H and O–H groups in total. The maximum atomic E-state index is 12.8. The Balaban J connectivity index is 1.25. The zero-order valence-electron chi connectivity index (χ0n) is 19.2. The number of fused-ring (bicyclic) bond motifs is 5. The van der Waals surface area contributed by atoms with Crippen LogP contribution >= 0.6 is 11.8 Å². The Labute approximate surface area is 211 Å². The van der Waals surface area contributed by atoms with Crippen LogP contribution in [0.3, 0.4) is 0 Å². The Bertz CT molecular complexity index is 1600. The second-order valence-electron chi connectivity index (χ2n) is 8.92. The molecule has 2 aromatic heterocycles. The molecule has 7 rings (SSSR count). The zero-order chi connectivity index (χ0) is 24.2. The smallest absolute Gasteiger partial charge is 0.261 e. The van der Waals surface area contributed by atoms with Gasteiger partial charge in [0.1, 0.15) is 11.6 Å². The molecule has 2 aliphatic heterocycles. The molecular weight excluding hydrogens is 468 g/mol. The molecule has 0 aliphatic carbocycles. The Morgan fingerprint density at radius 3 is 1.64 bits per heavy atom. The quantitative estimate of drug-likeness (QED) is 0.286. The van der Waals surface area contributed by atoms with Crippen molar-refractivity contribution in [3.05, 3.63) is 96.1 Å². The van der Waals surface area contributed by atoms with Crippen LogP contribution in [0.1, 0.15) is 27.1 Å². The number of carbonyl (C=O) groups is 2. The number of amides is 2. The number of para-hydroxylation sites is 2. The van der Waals surface area contributed by atoms with Gasteiger partial charge in [0.2, 0.25) is 0 Å². The Hall–Kier alpha value is -4.23. The lowest BCUT2D eigenvalue weighted by atomic mass is 10.1. The lowest BCUT2D eigenvalue weighted by molar-refractivity contribution is 0.0653. The molecule has 0 radical (unpaired) electrons. The van der Waals surface area contributed by atoms with Gasteiger partial charge in [-0.15, -0.1) is 0 Å². The third kappa shape index (κ3) is 3.27. The minimum Gasteiger partial charge on any atom is -0.309 e. The highest BCUT2D eigenvalue weighted by molar-refractivity contribution is 7.99. The summed E-state index contributed by atoms with van der Waals surface area (Å²) in [5.41, 5.74) is 2.81. The number of anilines is 2. The Morgan fingerprint density at radius 2 is 1.08 bits per heavy atom. The van der Waals surface area contributed by atoms with Crippen LogP contribution in [0.2, 0.25) is 0 Å². The van der Waals surface area contributed by atoms with E-state index in [-0.39, 0.29) is 11.8 Å². The number of nitrogens with zero attached hydrogens (tertiary/aromatic N) is 4. The molecule has 2 amide bonds.